The van der Waals surface area contributed by atoms with Gasteiger partial charge in [0.2, 0.25) is 5.95 Å². The third-order valence-corrected chi connectivity index (χ3v) is 5.14. The summed E-state index contributed by atoms with van der Waals surface area (Å²) in [5.74, 6) is 0.247. The number of aromatic nitrogens is 8. The number of fused-ring (bicyclic) bond motifs is 2. The summed E-state index contributed by atoms with van der Waals surface area (Å²) in [6, 6.07) is 0. The molecule has 0 aliphatic carbocycles. The van der Waals surface area contributed by atoms with Crippen molar-refractivity contribution in [2.45, 2.75) is 31.3 Å². The molecule has 0 bridgehead atoms. The molecule has 4 aromatic heterocycles. The summed E-state index contributed by atoms with van der Waals surface area (Å²) in [5.41, 5.74) is 12.0. The molecule has 0 saturated carbocycles. The van der Waals surface area contributed by atoms with Gasteiger partial charge >= 0.3 is 0 Å². The Morgan fingerprint density at radius 3 is 2.54 bits per heavy atom. The molecule has 17 nitrogen and oxygen atoms in total. The number of ether oxygens (including phenoxy) is 2. The summed E-state index contributed by atoms with van der Waals surface area (Å²) in [4.78, 5) is 33.5. The first-order valence-corrected chi connectivity index (χ1v) is 10.3. The molecular formula is C18H24N10O7. The first-order chi connectivity index (χ1) is 16.8. The van der Waals surface area contributed by atoms with Crippen molar-refractivity contribution in [3.05, 3.63) is 29.3 Å². The largest absolute Gasteiger partial charge is 0.394 e. The Balaban J connectivity index is 0.000000168. The monoisotopic (exact) mass is 492 g/mol. The Morgan fingerprint density at radius 2 is 1.83 bits per heavy atom. The first-order valence-electron chi connectivity index (χ1n) is 10.3. The summed E-state index contributed by atoms with van der Waals surface area (Å²) in [6.07, 6.45) is 0.0113. The predicted octanol–water partition coefficient (Wildman–Crippen LogP) is -3.31. The molecule has 1 saturated heterocycles. The lowest BCUT2D eigenvalue weighted by Crippen LogP contribution is -2.33. The summed E-state index contributed by atoms with van der Waals surface area (Å²) in [5, 5.41) is 37.3. The maximum Gasteiger partial charge on any atom is 0.280 e. The second kappa shape index (κ2) is 10.3. The Labute approximate surface area is 195 Å². The number of H-pyrrole nitrogens is 1. The lowest BCUT2D eigenvalue weighted by Gasteiger charge is -2.16. The van der Waals surface area contributed by atoms with Gasteiger partial charge in [0.05, 0.1) is 32.5 Å². The van der Waals surface area contributed by atoms with Crippen LogP contribution in [0.25, 0.3) is 22.3 Å². The van der Waals surface area contributed by atoms with Crippen molar-refractivity contribution in [1.82, 2.24) is 39.0 Å². The van der Waals surface area contributed by atoms with Crippen molar-refractivity contribution in [2.75, 3.05) is 31.3 Å². The van der Waals surface area contributed by atoms with Crippen LogP contribution in [-0.2, 0) is 16.2 Å². The average Bonchev–Trinajstić information content (AvgIpc) is 3.52. The molecule has 0 spiro atoms. The van der Waals surface area contributed by atoms with Crippen LogP contribution in [0, 0.1) is 0 Å². The molecule has 0 aromatic carbocycles. The van der Waals surface area contributed by atoms with E-state index in [0.29, 0.717) is 16.8 Å². The average molecular weight is 492 g/mol. The van der Waals surface area contributed by atoms with E-state index < -0.39 is 31.1 Å². The number of aliphatic hydroxyl groups excluding tert-OH is 4. The van der Waals surface area contributed by atoms with E-state index in [4.69, 9.17) is 31.2 Å². The number of aliphatic hydroxyl groups is 4. The van der Waals surface area contributed by atoms with Crippen LogP contribution in [0.4, 0.5) is 11.8 Å². The smallest absolute Gasteiger partial charge is 0.280 e. The topological polar surface area (TPSA) is 259 Å². The van der Waals surface area contributed by atoms with Crippen molar-refractivity contribution in [1.29, 1.82) is 0 Å². The van der Waals surface area contributed by atoms with Crippen molar-refractivity contribution >= 4 is 34.1 Å². The fourth-order valence-corrected chi connectivity index (χ4v) is 3.46. The number of nitrogens with two attached hydrogens (primary N) is 2. The van der Waals surface area contributed by atoms with Crippen LogP contribution in [0.3, 0.4) is 0 Å². The van der Waals surface area contributed by atoms with Crippen molar-refractivity contribution in [2.24, 2.45) is 0 Å². The molecule has 35 heavy (non-hydrogen) atoms. The number of anilines is 2. The molecule has 1 fully saturated rings. The second-order valence-corrected chi connectivity index (χ2v) is 7.41. The van der Waals surface area contributed by atoms with Gasteiger partial charge in [0.25, 0.3) is 5.56 Å². The Kier molecular flexibility index (Phi) is 7.15. The van der Waals surface area contributed by atoms with Crippen LogP contribution in [0.15, 0.2) is 23.8 Å². The minimum Gasteiger partial charge on any atom is -0.394 e. The van der Waals surface area contributed by atoms with Crippen LogP contribution in [0.5, 0.6) is 0 Å². The van der Waals surface area contributed by atoms with Gasteiger partial charge in [-0.2, -0.15) is 4.98 Å². The van der Waals surface area contributed by atoms with Crippen LogP contribution in [-0.4, -0.2) is 97.6 Å². The lowest BCUT2D eigenvalue weighted by atomic mass is 10.1. The molecular weight excluding hydrogens is 468 g/mol. The number of nitrogens with one attached hydrogen (secondary N) is 1. The van der Waals surface area contributed by atoms with Gasteiger partial charge in [-0.05, 0) is 0 Å². The van der Waals surface area contributed by atoms with Crippen molar-refractivity contribution in [3.8, 4) is 0 Å². The third kappa shape index (κ3) is 4.76. The highest BCUT2D eigenvalue weighted by Crippen LogP contribution is 2.31. The maximum absolute atomic E-state index is 11.4. The zero-order valence-electron chi connectivity index (χ0n) is 18.2. The molecule has 9 N–H and O–H groups in total. The minimum absolute atomic E-state index is 0.0291. The van der Waals surface area contributed by atoms with Crippen molar-refractivity contribution < 1.29 is 29.9 Å². The number of rotatable bonds is 6. The fourth-order valence-electron chi connectivity index (χ4n) is 3.46. The van der Waals surface area contributed by atoms with E-state index in [2.05, 4.69) is 29.9 Å². The minimum atomic E-state index is -1.19. The van der Waals surface area contributed by atoms with E-state index in [1.807, 2.05) is 0 Å². The second-order valence-electron chi connectivity index (χ2n) is 7.41. The third-order valence-electron chi connectivity index (χ3n) is 5.14. The summed E-state index contributed by atoms with van der Waals surface area (Å²) < 4.78 is 13.5. The van der Waals surface area contributed by atoms with E-state index in [0.717, 1.165) is 0 Å². The summed E-state index contributed by atoms with van der Waals surface area (Å²) in [6.45, 7) is -0.0907. The zero-order valence-corrected chi connectivity index (χ0v) is 18.2. The van der Waals surface area contributed by atoms with Crippen LogP contribution >= 0.6 is 0 Å². The van der Waals surface area contributed by atoms with E-state index in [9.17, 15) is 15.0 Å². The van der Waals surface area contributed by atoms with Crippen molar-refractivity contribution in [3.63, 3.8) is 0 Å². The van der Waals surface area contributed by atoms with Gasteiger partial charge in [-0.25, -0.2) is 19.9 Å². The number of imidazole rings is 2. The van der Waals surface area contributed by atoms with Crippen LogP contribution in [0.1, 0.15) is 6.23 Å². The van der Waals surface area contributed by atoms with Gasteiger partial charge in [-0.15, -0.1) is 0 Å². The predicted molar refractivity (Wildman–Crippen MR) is 118 cm³/mol. The number of aromatic amines is 1. The van der Waals surface area contributed by atoms with Gasteiger partial charge < -0.3 is 41.4 Å². The van der Waals surface area contributed by atoms with E-state index in [-0.39, 0.29) is 42.8 Å². The summed E-state index contributed by atoms with van der Waals surface area (Å²) >= 11 is 0. The number of nitrogens with zero attached hydrogens (tertiary/aromatic N) is 7. The van der Waals surface area contributed by atoms with E-state index in [1.54, 1.807) is 0 Å². The standard InChI is InChI=1S/C10H13N5O4.C8H11N5O3/c11-8-5-9(13-2-12-8)15(3-14-5)10-7(18)6(17)4(1-16)19-10;9-8-11-6-5(7(15)12-8)10-3-13(6)4-16-2-1-14/h2-4,6-7,10,16-18H,1H2,(H2,11,12,13);3,14H,1-2,4H2,(H3,9,11,12,15)/t4-,6-,7+,10-;/m1./s1. The molecule has 0 amide bonds. The quantitative estimate of drug-likeness (QED) is 0.130. The van der Waals surface area contributed by atoms with Crippen LogP contribution in [0.2, 0.25) is 0 Å². The van der Waals surface area contributed by atoms with E-state index in [1.165, 1.54) is 28.1 Å². The van der Waals surface area contributed by atoms with Gasteiger partial charge in [-0.3, -0.25) is 18.9 Å². The fraction of sp³-hybridized carbons (Fsp3) is 0.444. The molecule has 0 unspecified atom stereocenters. The normalized spacial score (nSPS) is 21.9. The lowest BCUT2D eigenvalue weighted by molar-refractivity contribution is -0.0511. The summed E-state index contributed by atoms with van der Waals surface area (Å²) in [7, 11) is 0. The molecule has 188 valence electrons. The number of nitrogen functional groups attached to an aromatic ring is 2. The van der Waals surface area contributed by atoms with Crippen LogP contribution < -0.4 is 17.0 Å². The van der Waals surface area contributed by atoms with Gasteiger partial charge in [0.15, 0.2) is 28.9 Å². The highest BCUT2D eigenvalue weighted by atomic mass is 16.6. The zero-order chi connectivity index (χ0) is 25.1. The molecule has 1 aliphatic heterocycles. The Bertz CT molecular complexity index is 1350. The molecule has 5 heterocycles. The number of hydrogen-bond donors (Lipinski definition) is 7. The number of hydrogen-bond acceptors (Lipinski definition) is 14. The van der Waals surface area contributed by atoms with E-state index >= 15 is 0 Å². The molecule has 5 rings (SSSR count). The molecule has 17 heteroatoms. The van der Waals surface area contributed by atoms with Gasteiger partial charge in [0, 0.05) is 0 Å². The Morgan fingerprint density at radius 1 is 1.06 bits per heavy atom. The maximum atomic E-state index is 11.4. The van der Waals surface area contributed by atoms with Gasteiger partial charge in [0.1, 0.15) is 36.9 Å². The molecule has 4 atom stereocenters. The Hall–Kier alpha value is -3.74. The SMILES string of the molecule is Nc1nc2c(ncn2COCCO)c(=O)[nH]1.Nc1ncnc2c1ncn2[C@@H]1O[C@H](CO)[C@@H](O)[C@@H]1O. The van der Waals surface area contributed by atoms with Gasteiger partial charge in [-0.1, -0.05) is 0 Å². The molecule has 1 aliphatic rings. The molecule has 4 aromatic rings. The highest BCUT2D eigenvalue weighted by Gasteiger charge is 2.43. The first kappa shape index (κ1) is 24.4. The highest BCUT2D eigenvalue weighted by molar-refractivity contribution is 5.81. The molecule has 0 radical (unpaired) electrons.